The predicted octanol–water partition coefficient (Wildman–Crippen LogP) is 4.33. The fourth-order valence-corrected chi connectivity index (χ4v) is 5.29. The monoisotopic (exact) mass is 500 g/mol. The Hall–Kier alpha value is -2.70. The molecule has 2 aromatic carbocycles. The number of rotatable bonds is 9. The molecule has 0 radical (unpaired) electrons. The molecule has 0 spiro atoms. The summed E-state index contributed by atoms with van der Waals surface area (Å²) in [6.45, 7) is 0.198. The van der Waals surface area contributed by atoms with E-state index in [1.54, 1.807) is 11.0 Å². The minimum Gasteiger partial charge on any atom is -0.381 e. The summed E-state index contributed by atoms with van der Waals surface area (Å²) in [5.41, 5.74) is 1.95. The zero-order valence-electron chi connectivity index (χ0n) is 17.2. The van der Waals surface area contributed by atoms with Crippen LogP contribution >= 0.6 is 11.5 Å². The molecular weight excluding hydrogens is 480 g/mol. The molecule has 1 fully saturated rings. The van der Waals surface area contributed by atoms with Gasteiger partial charge in [-0.1, -0.05) is 24.3 Å². The number of benzene rings is 2. The highest BCUT2D eigenvalue weighted by molar-refractivity contribution is 7.92. The van der Waals surface area contributed by atoms with Gasteiger partial charge in [-0.2, -0.15) is 4.37 Å². The molecule has 4 rings (SSSR count). The molecule has 6 nitrogen and oxygen atoms in total. The van der Waals surface area contributed by atoms with Crippen molar-refractivity contribution in [3.63, 3.8) is 0 Å². The number of likely N-dealkylation sites (tertiary alicyclic amines) is 1. The topological polar surface area (TPSA) is 74.3 Å². The maximum Gasteiger partial charge on any atom is 0.272 e. The number of hydrogen-bond donors (Lipinski definition) is 2. The van der Waals surface area contributed by atoms with Gasteiger partial charge in [0, 0.05) is 24.2 Å². The molecule has 2 heterocycles. The van der Waals surface area contributed by atoms with Crippen molar-refractivity contribution >= 4 is 32.9 Å². The van der Waals surface area contributed by atoms with E-state index in [9.17, 15) is 26.0 Å². The lowest BCUT2D eigenvalue weighted by Crippen LogP contribution is -2.56. The van der Waals surface area contributed by atoms with E-state index in [1.807, 2.05) is 18.2 Å². The first kappa shape index (κ1) is 23.5. The Labute approximate surface area is 192 Å². The molecule has 2 N–H and O–H groups in total. The second-order valence-electron chi connectivity index (χ2n) is 7.73. The summed E-state index contributed by atoms with van der Waals surface area (Å²) in [7, 11) is -4.48. The number of anilines is 2. The van der Waals surface area contributed by atoms with Gasteiger partial charge in [0.1, 0.15) is 11.6 Å². The van der Waals surface area contributed by atoms with E-state index in [1.165, 1.54) is 11.6 Å². The van der Waals surface area contributed by atoms with Crippen LogP contribution in [0.5, 0.6) is 0 Å². The van der Waals surface area contributed by atoms with Crippen molar-refractivity contribution in [2.75, 3.05) is 29.7 Å². The third kappa shape index (κ3) is 5.63. The number of alkyl halides is 2. The number of aromatic nitrogens is 1. The Kier molecular flexibility index (Phi) is 6.59. The zero-order chi connectivity index (χ0) is 23.6. The number of halogens is 4. The van der Waals surface area contributed by atoms with E-state index in [2.05, 4.69) is 14.4 Å². The molecular formula is C21H20F4N4O2S2. The number of sulfonamides is 1. The van der Waals surface area contributed by atoms with Crippen LogP contribution in [0.25, 0.3) is 0 Å². The summed E-state index contributed by atoms with van der Waals surface area (Å²) in [5.74, 6) is -5.09. The van der Waals surface area contributed by atoms with Gasteiger partial charge >= 0.3 is 0 Å². The molecule has 0 bridgehead atoms. The molecule has 0 saturated carbocycles. The number of nitrogens with one attached hydrogen (secondary N) is 2. The summed E-state index contributed by atoms with van der Waals surface area (Å²) >= 11 is 0.991. The third-order valence-corrected chi connectivity index (χ3v) is 7.18. The van der Waals surface area contributed by atoms with Gasteiger partial charge in [0.15, 0.2) is 4.90 Å². The minimum absolute atomic E-state index is 0.0679. The maximum atomic E-state index is 14.6. The molecule has 176 valence electrons. The quantitative estimate of drug-likeness (QED) is 0.428. The number of hydrogen-bond acceptors (Lipinski definition) is 6. The van der Waals surface area contributed by atoms with E-state index in [0.717, 1.165) is 34.8 Å². The summed E-state index contributed by atoms with van der Waals surface area (Å²) in [6, 6.07) is 9.16. The van der Waals surface area contributed by atoms with Gasteiger partial charge in [0.25, 0.3) is 15.9 Å². The van der Waals surface area contributed by atoms with E-state index in [4.69, 9.17) is 0 Å². The van der Waals surface area contributed by atoms with Crippen LogP contribution in [0, 0.1) is 11.6 Å². The lowest BCUT2D eigenvalue weighted by Gasteiger charge is -2.38. The van der Waals surface area contributed by atoms with Crippen molar-refractivity contribution in [2.24, 2.45) is 0 Å². The third-order valence-electron chi connectivity index (χ3n) is 5.16. The standard InChI is InChI=1S/C21H20F4N4O2S2/c22-18-7-16(8-19(23)20(18)33(30,31)28-17-10-27-32-11-17)26-9-15-4-2-1-3-14(15)5-6-29-12-21(24,25)13-29/h1-4,7-8,10-11,26,28H,5-6,9,12-13H2. The fourth-order valence-electron chi connectivity index (χ4n) is 3.60. The van der Waals surface area contributed by atoms with E-state index < -0.39 is 32.5 Å². The Morgan fingerprint density at radius 3 is 2.33 bits per heavy atom. The minimum atomic E-state index is -4.48. The summed E-state index contributed by atoms with van der Waals surface area (Å²) in [5, 5.41) is 4.30. The van der Waals surface area contributed by atoms with Crippen molar-refractivity contribution in [1.29, 1.82) is 0 Å². The summed E-state index contributed by atoms with van der Waals surface area (Å²) in [6.07, 6.45) is 1.79. The molecule has 0 aliphatic carbocycles. The van der Waals surface area contributed by atoms with Crippen LogP contribution in [0.1, 0.15) is 11.1 Å². The molecule has 3 aromatic rings. The first-order valence-corrected chi connectivity index (χ1v) is 12.3. The van der Waals surface area contributed by atoms with Crippen LogP contribution in [0.2, 0.25) is 0 Å². The summed E-state index contributed by atoms with van der Waals surface area (Å²) < 4.78 is 85.8. The van der Waals surface area contributed by atoms with Crippen molar-refractivity contribution in [3.05, 3.63) is 70.7 Å². The van der Waals surface area contributed by atoms with E-state index in [-0.39, 0.29) is 31.0 Å². The zero-order valence-corrected chi connectivity index (χ0v) is 18.8. The van der Waals surface area contributed by atoms with Gasteiger partial charge in [-0.3, -0.25) is 9.62 Å². The van der Waals surface area contributed by atoms with Crippen LogP contribution in [0.15, 0.2) is 52.9 Å². The van der Waals surface area contributed by atoms with Gasteiger partial charge in [-0.25, -0.2) is 26.0 Å². The Bertz CT molecular complexity index is 1210. The average molecular weight is 501 g/mol. The second kappa shape index (κ2) is 9.27. The second-order valence-corrected chi connectivity index (χ2v) is 10.0. The maximum absolute atomic E-state index is 14.6. The van der Waals surface area contributed by atoms with Crippen molar-refractivity contribution in [3.8, 4) is 0 Å². The molecule has 12 heteroatoms. The van der Waals surface area contributed by atoms with Gasteiger partial charge < -0.3 is 5.32 Å². The van der Waals surface area contributed by atoms with Crippen LogP contribution in [-0.2, 0) is 23.0 Å². The SMILES string of the molecule is O=S(=O)(Nc1cnsc1)c1c(F)cc(NCc2ccccc2CCN2CC(F)(F)C2)cc1F. The van der Waals surface area contributed by atoms with Gasteiger partial charge in [0.2, 0.25) is 0 Å². The first-order valence-electron chi connectivity index (χ1n) is 9.95. The predicted molar refractivity (Wildman–Crippen MR) is 118 cm³/mol. The molecule has 1 aliphatic heterocycles. The molecule has 0 unspecified atom stereocenters. The van der Waals surface area contributed by atoms with Crippen molar-refractivity contribution in [1.82, 2.24) is 9.27 Å². The molecule has 1 saturated heterocycles. The Morgan fingerprint density at radius 2 is 1.73 bits per heavy atom. The van der Waals surface area contributed by atoms with Gasteiger partial charge in [-0.15, -0.1) is 0 Å². The normalized spacial score (nSPS) is 15.8. The molecule has 1 aliphatic rings. The van der Waals surface area contributed by atoms with E-state index in [0.29, 0.717) is 13.0 Å². The van der Waals surface area contributed by atoms with Crippen LogP contribution in [0.3, 0.4) is 0 Å². The molecule has 0 atom stereocenters. The molecule has 0 amide bonds. The molecule has 1 aromatic heterocycles. The van der Waals surface area contributed by atoms with Crippen molar-refractivity contribution < 1.29 is 26.0 Å². The highest BCUT2D eigenvalue weighted by Gasteiger charge is 2.43. The highest BCUT2D eigenvalue weighted by Crippen LogP contribution is 2.28. The Morgan fingerprint density at radius 1 is 1.06 bits per heavy atom. The van der Waals surface area contributed by atoms with Gasteiger partial charge in [0.05, 0.1) is 25.0 Å². The highest BCUT2D eigenvalue weighted by atomic mass is 32.2. The van der Waals surface area contributed by atoms with Crippen LogP contribution < -0.4 is 10.0 Å². The average Bonchev–Trinajstić information content (AvgIpc) is 3.21. The van der Waals surface area contributed by atoms with E-state index >= 15 is 0 Å². The van der Waals surface area contributed by atoms with Crippen LogP contribution in [-0.4, -0.2) is 43.2 Å². The van der Waals surface area contributed by atoms with Gasteiger partial charge in [-0.05, 0) is 41.2 Å². The fraction of sp³-hybridized carbons (Fsp3) is 0.286. The lowest BCUT2D eigenvalue weighted by atomic mass is 10.0. The van der Waals surface area contributed by atoms with Crippen molar-refractivity contribution in [2.45, 2.75) is 23.8 Å². The smallest absolute Gasteiger partial charge is 0.272 e. The number of nitrogens with zero attached hydrogens (tertiary/aromatic N) is 2. The lowest BCUT2D eigenvalue weighted by molar-refractivity contribution is -0.129. The first-order chi connectivity index (χ1) is 15.6. The largest absolute Gasteiger partial charge is 0.381 e. The van der Waals surface area contributed by atoms with Crippen LogP contribution in [0.4, 0.5) is 28.9 Å². The molecule has 33 heavy (non-hydrogen) atoms. The Balaban J connectivity index is 1.43. The summed E-state index contributed by atoms with van der Waals surface area (Å²) in [4.78, 5) is 0.583.